The fourth-order valence-corrected chi connectivity index (χ4v) is 2.78. The van der Waals surface area contributed by atoms with Gasteiger partial charge in [0.2, 0.25) is 5.91 Å². The Morgan fingerprint density at radius 2 is 2.23 bits per heavy atom. The van der Waals surface area contributed by atoms with Crippen molar-refractivity contribution in [3.8, 4) is 11.8 Å². The van der Waals surface area contributed by atoms with Crippen molar-refractivity contribution in [3.63, 3.8) is 0 Å². The number of ether oxygens (including phenoxy) is 1. The minimum Gasteiger partial charge on any atom is -0.433 e. The SMILES string of the molecule is CCNC(=O)[C@@H]1CCCN(C(=O)Nc2cc(C#N)ccc2OC(F)F)C1. The first-order chi connectivity index (χ1) is 12.4. The molecule has 140 valence electrons. The fourth-order valence-electron chi connectivity index (χ4n) is 2.78. The monoisotopic (exact) mass is 366 g/mol. The van der Waals surface area contributed by atoms with E-state index in [1.165, 1.54) is 23.1 Å². The number of anilines is 1. The van der Waals surface area contributed by atoms with Crippen molar-refractivity contribution in [1.82, 2.24) is 10.2 Å². The molecule has 0 spiro atoms. The quantitative estimate of drug-likeness (QED) is 0.837. The molecular weight excluding hydrogens is 346 g/mol. The van der Waals surface area contributed by atoms with Crippen molar-refractivity contribution >= 4 is 17.6 Å². The van der Waals surface area contributed by atoms with Gasteiger partial charge in [-0.2, -0.15) is 14.0 Å². The lowest BCUT2D eigenvalue weighted by molar-refractivity contribution is -0.126. The molecule has 0 aromatic heterocycles. The number of benzene rings is 1. The second-order valence-corrected chi connectivity index (χ2v) is 5.81. The fraction of sp³-hybridized carbons (Fsp3) is 0.471. The maximum absolute atomic E-state index is 12.5. The average Bonchev–Trinajstić information content (AvgIpc) is 2.63. The van der Waals surface area contributed by atoms with Gasteiger partial charge >= 0.3 is 12.6 Å². The molecule has 1 aromatic carbocycles. The smallest absolute Gasteiger partial charge is 0.387 e. The zero-order valence-electron chi connectivity index (χ0n) is 14.3. The van der Waals surface area contributed by atoms with Crippen LogP contribution in [0.4, 0.5) is 19.3 Å². The minimum atomic E-state index is -3.06. The zero-order valence-corrected chi connectivity index (χ0v) is 14.3. The molecule has 7 nitrogen and oxygen atoms in total. The van der Waals surface area contributed by atoms with E-state index in [9.17, 15) is 18.4 Å². The van der Waals surface area contributed by atoms with Crippen LogP contribution in [-0.2, 0) is 4.79 Å². The van der Waals surface area contributed by atoms with Gasteiger partial charge in [-0.3, -0.25) is 4.79 Å². The molecule has 1 fully saturated rings. The van der Waals surface area contributed by atoms with Gasteiger partial charge in [-0.1, -0.05) is 0 Å². The van der Waals surface area contributed by atoms with Gasteiger partial charge < -0.3 is 20.3 Å². The van der Waals surface area contributed by atoms with Gasteiger partial charge in [0.15, 0.2) is 0 Å². The third-order valence-electron chi connectivity index (χ3n) is 4.00. The number of carbonyl (C=O) groups excluding carboxylic acids is 2. The van der Waals surface area contributed by atoms with Gasteiger partial charge in [-0.15, -0.1) is 0 Å². The Morgan fingerprint density at radius 3 is 2.88 bits per heavy atom. The van der Waals surface area contributed by atoms with Gasteiger partial charge in [0, 0.05) is 19.6 Å². The maximum atomic E-state index is 12.5. The molecule has 1 aliphatic rings. The summed E-state index contributed by atoms with van der Waals surface area (Å²) in [6.07, 6.45) is 1.34. The van der Waals surface area contributed by atoms with E-state index in [-0.39, 0.29) is 35.4 Å². The molecule has 26 heavy (non-hydrogen) atoms. The average molecular weight is 366 g/mol. The van der Waals surface area contributed by atoms with Crippen LogP contribution >= 0.6 is 0 Å². The third kappa shape index (κ3) is 5.05. The van der Waals surface area contributed by atoms with Crippen LogP contribution in [-0.4, -0.2) is 43.1 Å². The zero-order chi connectivity index (χ0) is 19.1. The summed E-state index contributed by atoms with van der Waals surface area (Å²) in [6.45, 7) is -0.0456. The Labute approximate surface area is 149 Å². The van der Waals surface area contributed by atoms with Crippen molar-refractivity contribution in [1.29, 1.82) is 5.26 Å². The number of likely N-dealkylation sites (tertiary alicyclic amines) is 1. The van der Waals surface area contributed by atoms with Crippen LogP contribution in [0.3, 0.4) is 0 Å². The highest BCUT2D eigenvalue weighted by molar-refractivity contribution is 5.92. The van der Waals surface area contributed by atoms with Gasteiger partial charge in [0.25, 0.3) is 0 Å². The molecule has 0 radical (unpaired) electrons. The highest BCUT2D eigenvalue weighted by atomic mass is 19.3. The normalized spacial score (nSPS) is 16.7. The third-order valence-corrected chi connectivity index (χ3v) is 4.00. The molecule has 2 rings (SSSR count). The molecule has 1 aliphatic heterocycles. The molecule has 9 heteroatoms. The molecule has 1 atom stereocenters. The number of carbonyl (C=O) groups is 2. The lowest BCUT2D eigenvalue weighted by Crippen LogP contribution is -2.46. The number of halogens is 2. The van der Waals surface area contributed by atoms with E-state index in [4.69, 9.17) is 5.26 Å². The topological polar surface area (TPSA) is 94.5 Å². The van der Waals surface area contributed by atoms with Crippen molar-refractivity contribution in [2.24, 2.45) is 5.92 Å². The molecule has 0 unspecified atom stereocenters. The number of hydrogen-bond donors (Lipinski definition) is 2. The molecule has 1 heterocycles. The van der Waals surface area contributed by atoms with Crippen LogP contribution in [0.1, 0.15) is 25.3 Å². The number of rotatable bonds is 5. The standard InChI is InChI=1S/C17H20F2N4O3/c1-2-21-15(24)12-4-3-7-23(10-12)17(25)22-13-8-11(9-20)5-6-14(13)26-16(18)19/h5-6,8,12,16H,2-4,7,10H2,1H3,(H,21,24)(H,22,25)/t12-/m1/s1. The predicted molar refractivity (Wildman–Crippen MR) is 89.8 cm³/mol. The first kappa shape index (κ1) is 19.4. The maximum Gasteiger partial charge on any atom is 0.387 e. The number of amides is 3. The Kier molecular flexibility index (Phi) is 6.72. The summed E-state index contributed by atoms with van der Waals surface area (Å²) in [5.74, 6) is -0.653. The van der Waals surface area contributed by atoms with E-state index < -0.39 is 12.6 Å². The largest absolute Gasteiger partial charge is 0.433 e. The van der Waals surface area contributed by atoms with E-state index >= 15 is 0 Å². The molecule has 0 aliphatic carbocycles. The van der Waals surface area contributed by atoms with Crippen LogP contribution in [0.15, 0.2) is 18.2 Å². The molecule has 3 amide bonds. The van der Waals surface area contributed by atoms with E-state index in [1.807, 2.05) is 13.0 Å². The molecule has 0 bridgehead atoms. The summed E-state index contributed by atoms with van der Waals surface area (Å²) in [7, 11) is 0. The first-order valence-electron chi connectivity index (χ1n) is 8.27. The number of nitrogens with zero attached hydrogens (tertiary/aromatic N) is 2. The Hall–Kier alpha value is -2.89. The number of hydrogen-bond acceptors (Lipinski definition) is 4. The van der Waals surface area contributed by atoms with Gasteiger partial charge in [-0.25, -0.2) is 4.79 Å². The van der Waals surface area contributed by atoms with E-state index in [1.54, 1.807) is 0 Å². The van der Waals surface area contributed by atoms with Gasteiger partial charge in [0.1, 0.15) is 5.75 Å². The van der Waals surface area contributed by atoms with Crippen molar-refractivity contribution in [2.45, 2.75) is 26.4 Å². The number of urea groups is 1. The summed E-state index contributed by atoms with van der Waals surface area (Å²) in [4.78, 5) is 25.9. The molecule has 1 aromatic rings. The molecule has 1 saturated heterocycles. The Morgan fingerprint density at radius 1 is 1.46 bits per heavy atom. The lowest BCUT2D eigenvalue weighted by Gasteiger charge is -2.32. The minimum absolute atomic E-state index is 0.0190. The van der Waals surface area contributed by atoms with Gasteiger partial charge in [0.05, 0.1) is 23.2 Å². The summed E-state index contributed by atoms with van der Waals surface area (Å²) in [5, 5.41) is 14.2. The van der Waals surface area contributed by atoms with Crippen LogP contribution in [0, 0.1) is 17.2 Å². The Bertz CT molecular complexity index is 706. The summed E-state index contributed by atoms with van der Waals surface area (Å²) in [5.41, 5.74) is 0.176. The van der Waals surface area contributed by atoms with Crippen molar-refractivity contribution in [2.75, 3.05) is 25.0 Å². The number of nitriles is 1. The number of alkyl halides is 2. The van der Waals surface area contributed by atoms with E-state index in [0.717, 1.165) is 0 Å². The summed E-state index contributed by atoms with van der Waals surface area (Å²) >= 11 is 0. The number of piperidine rings is 1. The van der Waals surface area contributed by atoms with Crippen LogP contribution in [0.2, 0.25) is 0 Å². The molecule has 2 N–H and O–H groups in total. The van der Waals surface area contributed by atoms with Gasteiger partial charge in [-0.05, 0) is 38.0 Å². The first-order valence-corrected chi connectivity index (χ1v) is 8.27. The second-order valence-electron chi connectivity index (χ2n) is 5.81. The van der Waals surface area contributed by atoms with E-state index in [2.05, 4.69) is 15.4 Å². The van der Waals surface area contributed by atoms with E-state index in [0.29, 0.717) is 25.9 Å². The summed E-state index contributed by atoms with van der Waals surface area (Å²) in [6, 6.07) is 5.13. The second kappa shape index (κ2) is 8.99. The van der Waals surface area contributed by atoms with Crippen LogP contribution < -0.4 is 15.4 Å². The van der Waals surface area contributed by atoms with Crippen molar-refractivity contribution < 1.29 is 23.1 Å². The summed E-state index contributed by atoms with van der Waals surface area (Å²) < 4.78 is 29.5. The van der Waals surface area contributed by atoms with Crippen LogP contribution in [0.25, 0.3) is 0 Å². The Balaban J connectivity index is 2.11. The number of nitrogens with one attached hydrogen (secondary N) is 2. The predicted octanol–water partition coefficient (Wildman–Crippen LogP) is 2.54. The lowest BCUT2D eigenvalue weighted by atomic mass is 9.97. The molecular formula is C17H20F2N4O3. The van der Waals surface area contributed by atoms with Crippen molar-refractivity contribution in [3.05, 3.63) is 23.8 Å². The molecule has 0 saturated carbocycles. The highest BCUT2D eigenvalue weighted by Gasteiger charge is 2.28. The highest BCUT2D eigenvalue weighted by Crippen LogP contribution is 2.28. The van der Waals surface area contributed by atoms with Crippen LogP contribution in [0.5, 0.6) is 5.75 Å².